The van der Waals surface area contributed by atoms with Crippen molar-refractivity contribution in [2.45, 2.75) is 44.6 Å². The van der Waals surface area contributed by atoms with Crippen LogP contribution in [0.2, 0.25) is 0 Å². The topological polar surface area (TPSA) is 64.4 Å². The van der Waals surface area contributed by atoms with E-state index < -0.39 is 0 Å². The van der Waals surface area contributed by atoms with E-state index in [1.165, 1.54) is 12.8 Å². The first-order valence-corrected chi connectivity index (χ1v) is 6.86. The molecule has 4 nitrogen and oxygen atoms in total. The van der Waals surface area contributed by atoms with Crippen LogP contribution in [-0.4, -0.2) is 31.7 Å². The van der Waals surface area contributed by atoms with Gasteiger partial charge in [-0.15, -0.1) is 0 Å². The molecule has 0 aromatic heterocycles. The van der Waals surface area contributed by atoms with Crippen LogP contribution in [0.1, 0.15) is 38.5 Å². The number of hydrogen-bond donors (Lipinski definition) is 2. The molecule has 1 heterocycles. The van der Waals surface area contributed by atoms with Gasteiger partial charge in [-0.25, -0.2) is 0 Å². The molecule has 17 heavy (non-hydrogen) atoms. The second kappa shape index (κ2) is 6.36. The van der Waals surface area contributed by atoms with Crippen LogP contribution in [0.25, 0.3) is 0 Å². The van der Waals surface area contributed by atoms with E-state index >= 15 is 0 Å². The molecule has 1 unspecified atom stereocenters. The van der Waals surface area contributed by atoms with Gasteiger partial charge in [-0.2, -0.15) is 0 Å². The van der Waals surface area contributed by atoms with E-state index in [4.69, 9.17) is 10.5 Å². The minimum absolute atomic E-state index is 0.117. The molecule has 1 amide bonds. The smallest absolute Gasteiger partial charge is 0.220 e. The zero-order valence-corrected chi connectivity index (χ0v) is 10.5. The van der Waals surface area contributed by atoms with Crippen LogP contribution >= 0.6 is 0 Å². The Hall–Kier alpha value is -0.610. The first kappa shape index (κ1) is 12.8. The molecule has 4 heteroatoms. The van der Waals surface area contributed by atoms with Crippen molar-refractivity contribution in [3.05, 3.63) is 0 Å². The van der Waals surface area contributed by atoms with Crippen molar-refractivity contribution in [2.24, 2.45) is 17.6 Å². The summed E-state index contributed by atoms with van der Waals surface area (Å²) in [6.07, 6.45) is 6.55. The number of primary amides is 1. The van der Waals surface area contributed by atoms with Crippen LogP contribution in [-0.2, 0) is 9.53 Å². The van der Waals surface area contributed by atoms with Crippen molar-refractivity contribution >= 4 is 5.91 Å². The predicted molar refractivity (Wildman–Crippen MR) is 66.5 cm³/mol. The predicted octanol–water partition coefficient (Wildman–Crippen LogP) is 1.05. The van der Waals surface area contributed by atoms with Gasteiger partial charge in [-0.05, 0) is 44.4 Å². The molecule has 1 saturated heterocycles. The highest BCUT2D eigenvalue weighted by atomic mass is 16.5. The Morgan fingerprint density at radius 1 is 1.24 bits per heavy atom. The number of rotatable bonds is 4. The minimum Gasteiger partial charge on any atom is -0.381 e. The van der Waals surface area contributed by atoms with Gasteiger partial charge in [0.1, 0.15) is 0 Å². The molecule has 2 rings (SSSR count). The van der Waals surface area contributed by atoms with Crippen molar-refractivity contribution < 1.29 is 9.53 Å². The second-order valence-corrected chi connectivity index (χ2v) is 5.44. The molecule has 1 aliphatic carbocycles. The number of nitrogens with two attached hydrogens (primary N) is 1. The van der Waals surface area contributed by atoms with Gasteiger partial charge in [-0.1, -0.05) is 0 Å². The number of carbonyl (C=O) groups is 1. The van der Waals surface area contributed by atoms with Crippen molar-refractivity contribution in [2.75, 3.05) is 19.8 Å². The summed E-state index contributed by atoms with van der Waals surface area (Å²) >= 11 is 0. The molecule has 2 aliphatic rings. The van der Waals surface area contributed by atoms with Crippen LogP contribution < -0.4 is 11.1 Å². The average molecular weight is 240 g/mol. The maximum Gasteiger partial charge on any atom is 0.220 e. The number of ether oxygens (including phenoxy) is 1. The van der Waals surface area contributed by atoms with Gasteiger partial charge in [0.2, 0.25) is 5.91 Å². The SMILES string of the molecule is NC(=O)C1CCC(NCC2CCCOC2)CC1. The fourth-order valence-electron chi connectivity index (χ4n) is 2.88. The van der Waals surface area contributed by atoms with Gasteiger partial charge in [0.25, 0.3) is 0 Å². The van der Waals surface area contributed by atoms with E-state index in [1.807, 2.05) is 0 Å². The molecule has 1 atom stereocenters. The molecular weight excluding hydrogens is 216 g/mol. The van der Waals surface area contributed by atoms with Crippen molar-refractivity contribution in [3.8, 4) is 0 Å². The zero-order valence-electron chi connectivity index (χ0n) is 10.5. The summed E-state index contributed by atoms with van der Waals surface area (Å²) in [5, 5.41) is 3.62. The molecule has 3 N–H and O–H groups in total. The fraction of sp³-hybridized carbons (Fsp3) is 0.923. The van der Waals surface area contributed by atoms with E-state index in [0.29, 0.717) is 12.0 Å². The minimum atomic E-state index is -0.121. The number of amides is 1. The number of nitrogens with one attached hydrogen (secondary N) is 1. The Bertz CT molecular complexity index is 244. The summed E-state index contributed by atoms with van der Waals surface area (Å²) in [6, 6.07) is 0.576. The van der Waals surface area contributed by atoms with E-state index in [1.54, 1.807) is 0 Å². The highest BCUT2D eigenvalue weighted by molar-refractivity contribution is 5.76. The second-order valence-electron chi connectivity index (χ2n) is 5.44. The lowest BCUT2D eigenvalue weighted by atomic mass is 9.85. The summed E-state index contributed by atoms with van der Waals surface area (Å²) in [5.74, 6) is 0.674. The maximum absolute atomic E-state index is 11.1. The van der Waals surface area contributed by atoms with Crippen LogP contribution in [0.4, 0.5) is 0 Å². The van der Waals surface area contributed by atoms with E-state index in [0.717, 1.165) is 45.4 Å². The third-order valence-corrected chi connectivity index (χ3v) is 4.08. The van der Waals surface area contributed by atoms with Crippen molar-refractivity contribution in [3.63, 3.8) is 0 Å². The van der Waals surface area contributed by atoms with Crippen LogP contribution in [0, 0.1) is 11.8 Å². The molecule has 0 bridgehead atoms. The van der Waals surface area contributed by atoms with Crippen molar-refractivity contribution in [1.82, 2.24) is 5.32 Å². The molecule has 1 saturated carbocycles. The standard InChI is InChI=1S/C13H24N2O2/c14-13(16)11-3-5-12(6-4-11)15-8-10-2-1-7-17-9-10/h10-12,15H,1-9H2,(H2,14,16). The van der Waals surface area contributed by atoms with Gasteiger partial charge < -0.3 is 15.8 Å². The number of hydrogen-bond acceptors (Lipinski definition) is 3. The summed E-state index contributed by atoms with van der Waals surface area (Å²) in [5.41, 5.74) is 5.33. The third kappa shape index (κ3) is 3.96. The fourth-order valence-corrected chi connectivity index (χ4v) is 2.88. The van der Waals surface area contributed by atoms with E-state index in [2.05, 4.69) is 5.32 Å². The quantitative estimate of drug-likeness (QED) is 0.772. The summed E-state index contributed by atoms with van der Waals surface area (Å²) in [6.45, 7) is 2.90. The van der Waals surface area contributed by atoms with Gasteiger partial charge in [0, 0.05) is 25.1 Å². The van der Waals surface area contributed by atoms with Crippen LogP contribution in [0.3, 0.4) is 0 Å². The Kier molecular flexibility index (Phi) is 4.80. The lowest BCUT2D eigenvalue weighted by Gasteiger charge is -2.30. The average Bonchev–Trinajstić information content (AvgIpc) is 2.38. The number of carbonyl (C=O) groups excluding carboxylic acids is 1. The van der Waals surface area contributed by atoms with Crippen LogP contribution in [0.5, 0.6) is 0 Å². The molecule has 98 valence electrons. The summed E-state index contributed by atoms with van der Waals surface area (Å²) in [7, 11) is 0. The van der Waals surface area contributed by atoms with Gasteiger partial charge in [-0.3, -0.25) is 4.79 Å². The summed E-state index contributed by atoms with van der Waals surface area (Å²) < 4.78 is 5.47. The molecule has 0 aromatic rings. The van der Waals surface area contributed by atoms with Crippen molar-refractivity contribution in [1.29, 1.82) is 0 Å². The lowest BCUT2D eigenvalue weighted by molar-refractivity contribution is -0.122. The lowest BCUT2D eigenvalue weighted by Crippen LogP contribution is -2.40. The molecule has 0 aromatic carbocycles. The molecule has 2 fully saturated rings. The van der Waals surface area contributed by atoms with E-state index in [-0.39, 0.29) is 11.8 Å². The Morgan fingerprint density at radius 2 is 2.00 bits per heavy atom. The first-order chi connectivity index (χ1) is 8.25. The normalized spacial score (nSPS) is 34.5. The van der Waals surface area contributed by atoms with Gasteiger partial charge >= 0.3 is 0 Å². The maximum atomic E-state index is 11.1. The molecule has 0 spiro atoms. The largest absolute Gasteiger partial charge is 0.381 e. The van der Waals surface area contributed by atoms with Gasteiger partial charge in [0.05, 0.1) is 6.61 Å². The monoisotopic (exact) mass is 240 g/mol. The molecule has 1 aliphatic heterocycles. The Labute approximate surface area is 103 Å². The molecular formula is C13H24N2O2. The first-order valence-electron chi connectivity index (χ1n) is 6.86. The Morgan fingerprint density at radius 3 is 2.59 bits per heavy atom. The highest BCUT2D eigenvalue weighted by Gasteiger charge is 2.25. The third-order valence-electron chi connectivity index (χ3n) is 4.08. The summed E-state index contributed by atoms with van der Waals surface area (Å²) in [4.78, 5) is 11.1. The highest BCUT2D eigenvalue weighted by Crippen LogP contribution is 2.24. The van der Waals surface area contributed by atoms with E-state index in [9.17, 15) is 4.79 Å². The molecule has 0 radical (unpaired) electrons. The van der Waals surface area contributed by atoms with Crippen LogP contribution in [0.15, 0.2) is 0 Å². The van der Waals surface area contributed by atoms with Gasteiger partial charge in [0.15, 0.2) is 0 Å². The zero-order chi connectivity index (χ0) is 12.1. The Balaban J connectivity index is 1.62.